The Hall–Kier alpha value is -2.41. The van der Waals surface area contributed by atoms with Crippen molar-refractivity contribution >= 4 is 29.0 Å². The second-order valence-electron chi connectivity index (χ2n) is 8.13. The fourth-order valence-corrected chi connectivity index (χ4v) is 4.98. The number of carbonyl (C=O) groups is 2. The van der Waals surface area contributed by atoms with E-state index in [2.05, 4.69) is 21.3 Å². The monoisotopic (exact) mass is 426 g/mol. The number of piperidine rings is 1. The van der Waals surface area contributed by atoms with Crippen LogP contribution in [0.15, 0.2) is 35.8 Å². The van der Waals surface area contributed by atoms with Crippen molar-refractivity contribution in [1.29, 1.82) is 0 Å². The zero-order valence-corrected chi connectivity index (χ0v) is 18.2. The van der Waals surface area contributed by atoms with Crippen molar-refractivity contribution in [3.63, 3.8) is 0 Å². The molecule has 7 heteroatoms. The molecule has 160 valence electrons. The van der Waals surface area contributed by atoms with Gasteiger partial charge in [-0.2, -0.15) is 0 Å². The van der Waals surface area contributed by atoms with Crippen LogP contribution in [0.25, 0.3) is 0 Å². The van der Waals surface area contributed by atoms with Gasteiger partial charge in [0.1, 0.15) is 11.9 Å². The number of thiophene rings is 1. The maximum absolute atomic E-state index is 12.9. The smallest absolute Gasteiger partial charge is 0.264 e. The summed E-state index contributed by atoms with van der Waals surface area (Å²) in [5.41, 5.74) is 0.980. The minimum Gasteiger partial charge on any atom is -0.357 e. The highest BCUT2D eigenvalue weighted by Crippen LogP contribution is 2.22. The van der Waals surface area contributed by atoms with Crippen LogP contribution < -0.4 is 10.2 Å². The van der Waals surface area contributed by atoms with E-state index in [4.69, 9.17) is 0 Å². The van der Waals surface area contributed by atoms with Crippen LogP contribution in [0.1, 0.15) is 60.2 Å². The summed E-state index contributed by atoms with van der Waals surface area (Å²) in [6.07, 6.45) is 9.54. The van der Waals surface area contributed by atoms with Crippen molar-refractivity contribution < 1.29 is 9.59 Å². The van der Waals surface area contributed by atoms with Gasteiger partial charge in [0.05, 0.1) is 4.88 Å². The Morgan fingerprint density at radius 1 is 1.03 bits per heavy atom. The topological polar surface area (TPSA) is 65.5 Å². The standard InChI is InChI=1S/C23H30N4O2S/c28-22(19-8-3-6-14-27(19)23(29)20-9-7-15-30-20)25-17-18-10-11-21(24-16-18)26-12-4-1-2-5-13-26/h7,9-11,15-16,19H,1-6,8,12-14,17H2,(H,25,28). The van der Waals surface area contributed by atoms with Gasteiger partial charge in [-0.1, -0.05) is 25.0 Å². The number of pyridine rings is 1. The Kier molecular flexibility index (Phi) is 7.00. The number of hydrogen-bond donors (Lipinski definition) is 1. The Bertz CT molecular complexity index is 829. The number of hydrogen-bond acceptors (Lipinski definition) is 5. The van der Waals surface area contributed by atoms with Crippen LogP contribution in [-0.2, 0) is 11.3 Å². The molecule has 2 aliphatic heterocycles. The molecular formula is C23H30N4O2S. The number of carbonyl (C=O) groups excluding carboxylic acids is 2. The fourth-order valence-electron chi connectivity index (χ4n) is 4.30. The van der Waals surface area contributed by atoms with Crippen LogP contribution in [0.2, 0.25) is 0 Å². The lowest BCUT2D eigenvalue weighted by molar-refractivity contribution is -0.126. The molecule has 2 aliphatic rings. The van der Waals surface area contributed by atoms with Gasteiger partial charge in [0.25, 0.3) is 5.91 Å². The Morgan fingerprint density at radius 2 is 1.83 bits per heavy atom. The maximum Gasteiger partial charge on any atom is 0.264 e. The molecule has 0 aliphatic carbocycles. The second kappa shape index (κ2) is 10.1. The number of likely N-dealkylation sites (tertiary alicyclic amines) is 1. The van der Waals surface area contributed by atoms with E-state index < -0.39 is 6.04 Å². The van der Waals surface area contributed by atoms with Crippen molar-refractivity contribution in [2.75, 3.05) is 24.5 Å². The fraction of sp³-hybridized carbons (Fsp3) is 0.522. The lowest BCUT2D eigenvalue weighted by atomic mass is 10.0. The van der Waals surface area contributed by atoms with Crippen LogP contribution in [0.3, 0.4) is 0 Å². The van der Waals surface area contributed by atoms with Gasteiger partial charge in [0, 0.05) is 32.4 Å². The Labute approximate surface area is 182 Å². The first-order valence-electron chi connectivity index (χ1n) is 11.0. The summed E-state index contributed by atoms with van der Waals surface area (Å²) in [6, 6.07) is 7.41. The zero-order chi connectivity index (χ0) is 20.8. The highest BCUT2D eigenvalue weighted by Gasteiger charge is 2.32. The first-order chi connectivity index (χ1) is 14.7. The predicted octanol–water partition coefficient (Wildman–Crippen LogP) is 3.83. The summed E-state index contributed by atoms with van der Waals surface area (Å²) in [4.78, 5) is 35.1. The highest BCUT2D eigenvalue weighted by atomic mass is 32.1. The van der Waals surface area contributed by atoms with Crippen LogP contribution in [-0.4, -0.2) is 47.4 Å². The molecule has 1 N–H and O–H groups in total. The van der Waals surface area contributed by atoms with E-state index in [1.165, 1.54) is 37.0 Å². The molecule has 30 heavy (non-hydrogen) atoms. The lowest BCUT2D eigenvalue weighted by Crippen LogP contribution is -2.51. The van der Waals surface area contributed by atoms with Crippen molar-refractivity contribution in [2.45, 2.75) is 57.5 Å². The van der Waals surface area contributed by atoms with Crippen LogP contribution in [0.4, 0.5) is 5.82 Å². The van der Waals surface area contributed by atoms with E-state index in [0.29, 0.717) is 18.0 Å². The SMILES string of the molecule is O=C(NCc1ccc(N2CCCCCC2)nc1)C1CCCCN1C(=O)c1cccs1. The molecule has 4 heterocycles. The summed E-state index contributed by atoms with van der Waals surface area (Å²) in [5.74, 6) is 0.913. The Morgan fingerprint density at radius 3 is 2.53 bits per heavy atom. The third-order valence-corrected chi connectivity index (χ3v) is 6.86. The summed E-state index contributed by atoms with van der Waals surface area (Å²) in [5, 5.41) is 4.92. The molecule has 0 aromatic carbocycles. The molecule has 0 radical (unpaired) electrons. The molecule has 0 bridgehead atoms. The number of nitrogens with one attached hydrogen (secondary N) is 1. The van der Waals surface area contributed by atoms with Gasteiger partial charge in [0.2, 0.25) is 5.91 Å². The van der Waals surface area contributed by atoms with E-state index in [1.54, 1.807) is 4.90 Å². The maximum atomic E-state index is 12.9. The largest absolute Gasteiger partial charge is 0.357 e. The number of rotatable bonds is 5. The van der Waals surface area contributed by atoms with E-state index in [9.17, 15) is 9.59 Å². The van der Waals surface area contributed by atoms with Gasteiger partial charge in [-0.25, -0.2) is 4.98 Å². The third kappa shape index (κ3) is 5.01. The first-order valence-corrected chi connectivity index (χ1v) is 11.9. The average molecular weight is 427 g/mol. The van der Waals surface area contributed by atoms with Gasteiger partial charge in [-0.3, -0.25) is 9.59 Å². The van der Waals surface area contributed by atoms with E-state index >= 15 is 0 Å². The van der Waals surface area contributed by atoms with Crippen molar-refractivity contribution in [1.82, 2.24) is 15.2 Å². The molecule has 1 unspecified atom stereocenters. The minimum atomic E-state index is -0.391. The molecule has 4 rings (SSSR count). The van der Waals surface area contributed by atoms with Gasteiger partial charge in [-0.05, 0) is 55.2 Å². The molecule has 2 aromatic rings. The van der Waals surface area contributed by atoms with Crippen LogP contribution >= 0.6 is 11.3 Å². The normalized spacial score (nSPS) is 19.9. The van der Waals surface area contributed by atoms with Crippen LogP contribution in [0.5, 0.6) is 0 Å². The number of nitrogens with zero attached hydrogens (tertiary/aromatic N) is 3. The summed E-state index contributed by atoms with van der Waals surface area (Å²) >= 11 is 1.43. The highest BCUT2D eigenvalue weighted by molar-refractivity contribution is 7.12. The molecule has 0 spiro atoms. The quantitative estimate of drug-likeness (QED) is 0.789. The van der Waals surface area contributed by atoms with Gasteiger partial charge < -0.3 is 15.1 Å². The molecule has 6 nitrogen and oxygen atoms in total. The lowest BCUT2D eigenvalue weighted by Gasteiger charge is -2.34. The number of anilines is 1. The molecule has 2 fully saturated rings. The Balaban J connectivity index is 1.34. The molecule has 2 amide bonds. The van der Waals surface area contributed by atoms with E-state index in [1.807, 2.05) is 29.8 Å². The molecule has 2 aromatic heterocycles. The zero-order valence-electron chi connectivity index (χ0n) is 17.4. The van der Waals surface area contributed by atoms with Gasteiger partial charge in [-0.15, -0.1) is 11.3 Å². The van der Waals surface area contributed by atoms with Crippen LogP contribution in [0, 0.1) is 0 Å². The van der Waals surface area contributed by atoms with E-state index in [-0.39, 0.29) is 11.8 Å². The average Bonchev–Trinajstić information content (AvgIpc) is 3.20. The summed E-state index contributed by atoms with van der Waals surface area (Å²) in [6.45, 7) is 3.21. The minimum absolute atomic E-state index is 0.0340. The van der Waals surface area contributed by atoms with Gasteiger partial charge >= 0.3 is 0 Å². The molecular weight excluding hydrogens is 396 g/mol. The van der Waals surface area contributed by atoms with Crippen molar-refractivity contribution in [3.8, 4) is 0 Å². The van der Waals surface area contributed by atoms with Crippen molar-refractivity contribution in [3.05, 3.63) is 46.3 Å². The number of amides is 2. The summed E-state index contributed by atoms with van der Waals surface area (Å²) in [7, 11) is 0. The predicted molar refractivity (Wildman–Crippen MR) is 120 cm³/mol. The number of aromatic nitrogens is 1. The van der Waals surface area contributed by atoms with E-state index in [0.717, 1.165) is 43.7 Å². The first kappa shape index (κ1) is 20.8. The van der Waals surface area contributed by atoms with Crippen molar-refractivity contribution in [2.24, 2.45) is 0 Å². The third-order valence-electron chi connectivity index (χ3n) is 6.00. The molecule has 1 atom stereocenters. The molecule has 0 saturated carbocycles. The van der Waals surface area contributed by atoms with Gasteiger partial charge in [0.15, 0.2) is 0 Å². The molecule has 2 saturated heterocycles. The summed E-state index contributed by atoms with van der Waals surface area (Å²) < 4.78 is 0. The second-order valence-corrected chi connectivity index (χ2v) is 9.08.